The van der Waals surface area contributed by atoms with Gasteiger partial charge < -0.3 is 14.0 Å². The summed E-state index contributed by atoms with van der Waals surface area (Å²) < 4.78 is 12.6. The molecule has 0 aliphatic carbocycles. The van der Waals surface area contributed by atoms with E-state index in [1.165, 1.54) is 4.52 Å². The fraction of sp³-hybridized carbons (Fsp3) is 0.130. The molecular formula is C23H17N5O3. The van der Waals surface area contributed by atoms with Crippen LogP contribution in [0.2, 0.25) is 0 Å². The van der Waals surface area contributed by atoms with Crippen molar-refractivity contribution in [1.29, 1.82) is 0 Å². The minimum absolute atomic E-state index is 0.159. The van der Waals surface area contributed by atoms with Crippen LogP contribution in [-0.4, -0.2) is 26.7 Å². The maximum absolute atomic E-state index is 13.4. The van der Waals surface area contributed by atoms with Gasteiger partial charge >= 0.3 is 5.56 Å². The first kappa shape index (κ1) is 18.6. The molecule has 0 unspecified atom stereocenters. The number of rotatable bonds is 3. The summed E-state index contributed by atoms with van der Waals surface area (Å²) in [4.78, 5) is 26.2. The molecule has 0 atom stereocenters. The maximum atomic E-state index is 13.4. The average molecular weight is 411 g/mol. The number of nitrogens with zero attached hydrogens (tertiary/aromatic N) is 4. The van der Waals surface area contributed by atoms with Crippen molar-refractivity contribution in [2.24, 2.45) is 0 Å². The number of nitrogens with one attached hydrogen (secondary N) is 1. The van der Waals surface area contributed by atoms with E-state index in [0.29, 0.717) is 33.8 Å². The molecule has 0 aliphatic rings. The number of aryl methyl sites for hydroxylation is 2. The van der Waals surface area contributed by atoms with Crippen molar-refractivity contribution in [3.05, 3.63) is 75.5 Å². The molecule has 3 heterocycles. The van der Waals surface area contributed by atoms with Crippen LogP contribution in [0.3, 0.4) is 0 Å². The van der Waals surface area contributed by atoms with Crippen LogP contribution >= 0.6 is 0 Å². The number of methoxy groups -OCH3 is 1. The molecule has 5 aromatic rings. The molecule has 0 saturated heterocycles. The van der Waals surface area contributed by atoms with E-state index >= 15 is 0 Å². The SMILES string of the molecule is [C-]#[N+]c1[nH]n2c(=O)c(-c3nc4c(OC)ccc(C)c4o3)c(C)nc2c1-c1ccccc1. The predicted octanol–water partition coefficient (Wildman–Crippen LogP) is 4.67. The zero-order chi connectivity index (χ0) is 21.7. The normalized spacial score (nSPS) is 11.2. The molecule has 0 bridgehead atoms. The van der Waals surface area contributed by atoms with Crippen LogP contribution in [0.5, 0.6) is 5.75 Å². The van der Waals surface area contributed by atoms with Crippen molar-refractivity contribution < 1.29 is 9.15 Å². The van der Waals surface area contributed by atoms with Gasteiger partial charge in [0.05, 0.1) is 18.4 Å². The Morgan fingerprint density at radius 1 is 1.10 bits per heavy atom. The molecule has 1 N–H and O–H groups in total. The summed E-state index contributed by atoms with van der Waals surface area (Å²) in [6.07, 6.45) is 0. The summed E-state index contributed by atoms with van der Waals surface area (Å²) in [5.41, 5.74) is 4.03. The number of fused-ring (bicyclic) bond motifs is 2. The second-order valence-electron chi connectivity index (χ2n) is 7.13. The number of H-pyrrole nitrogens is 1. The summed E-state index contributed by atoms with van der Waals surface area (Å²) in [6.45, 7) is 11.2. The lowest BCUT2D eigenvalue weighted by molar-refractivity contribution is 0.419. The second kappa shape index (κ2) is 6.85. The molecule has 3 aromatic heterocycles. The summed E-state index contributed by atoms with van der Waals surface area (Å²) in [5.74, 6) is 0.957. The molecule has 8 heteroatoms. The first-order valence-electron chi connectivity index (χ1n) is 9.56. The maximum Gasteiger partial charge on any atom is 0.301 e. The molecule has 0 amide bonds. The predicted molar refractivity (Wildman–Crippen MR) is 117 cm³/mol. The van der Waals surface area contributed by atoms with Crippen LogP contribution < -0.4 is 10.3 Å². The van der Waals surface area contributed by atoms with Crippen LogP contribution in [-0.2, 0) is 0 Å². The highest BCUT2D eigenvalue weighted by molar-refractivity contribution is 5.89. The van der Waals surface area contributed by atoms with Crippen LogP contribution in [0.15, 0.2) is 51.7 Å². The summed E-state index contributed by atoms with van der Waals surface area (Å²) in [5, 5.41) is 2.88. The fourth-order valence-corrected chi connectivity index (χ4v) is 3.75. The van der Waals surface area contributed by atoms with Gasteiger partial charge in [-0.05, 0) is 31.0 Å². The van der Waals surface area contributed by atoms with Gasteiger partial charge in [-0.25, -0.2) is 15.1 Å². The zero-order valence-corrected chi connectivity index (χ0v) is 17.1. The molecule has 2 aromatic carbocycles. The molecule has 0 saturated carbocycles. The van der Waals surface area contributed by atoms with Crippen molar-refractivity contribution in [3.8, 4) is 28.3 Å². The lowest BCUT2D eigenvalue weighted by atomic mass is 10.1. The minimum atomic E-state index is -0.391. The van der Waals surface area contributed by atoms with Gasteiger partial charge in [0.1, 0.15) is 11.3 Å². The quantitative estimate of drug-likeness (QED) is 0.436. The Morgan fingerprint density at radius 2 is 1.87 bits per heavy atom. The lowest BCUT2D eigenvalue weighted by Crippen LogP contribution is -2.19. The minimum Gasteiger partial charge on any atom is -0.494 e. The molecule has 31 heavy (non-hydrogen) atoms. The Bertz CT molecular complexity index is 1570. The number of hydrogen-bond acceptors (Lipinski definition) is 5. The Hall–Kier alpha value is -4.38. The van der Waals surface area contributed by atoms with E-state index in [1.807, 2.05) is 49.4 Å². The van der Waals surface area contributed by atoms with E-state index in [0.717, 1.165) is 11.1 Å². The number of aromatic nitrogens is 4. The Balaban J connectivity index is 1.81. The topological polar surface area (TPSA) is 89.8 Å². The highest BCUT2D eigenvalue weighted by Gasteiger charge is 2.24. The lowest BCUT2D eigenvalue weighted by Gasteiger charge is -2.03. The number of hydrogen-bond donors (Lipinski definition) is 1. The van der Waals surface area contributed by atoms with Crippen molar-refractivity contribution >= 4 is 22.6 Å². The third kappa shape index (κ3) is 2.71. The summed E-state index contributed by atoms with van der Waals surface area (Å²) in [7, 11) is 1.56. The summed E-state index contributed by atoms with van der Waals surface area (Å²) >= 11 is 0. The fourth-order valence-electron chi connectivity index (χ4n) is 3.75. The highest BCUT2D eigenvalue weighted by Crippen LogP contribution is 2.35. The van der Waals surface area contributed by atoms with Gasteiger partial charge in [0.25, 0.3) is 5.82 Å². The Kier molecular flexibility index (Phi) is 4.12. The largest absolute Gasteiger partial charge is 0.494 e. The third-order valence-electron chi connectivity index (χ3n) is 5.25. The van der Waals surface area contributed by atoms with Crippen molar-refractivity contribution in [3.63, 3.8) is 0 Å². The van der Waals surface area contributed by atoms with Crippen molar-refractivity contribution in [1.82, 2.24) is 19.6 Å². The van der Waals surface area contributed by atoms with Crippen LogP contribution in [0, 0.1) is 20.4 Å². The molecule has 0 aliphatic heterocycles. The smallest absolute Gasteiger partial charge is 0.301 e. The van der Waals surface area contributed by atoms with Crippen LogP contribution in [0.25, 0.3) is 44.2 Å². The molecule has 0 radical (unpaired) electrons. The van der Waals surface area contributed by atoms with E-state index in [-0.39, 0.29) is 17.3 Å². The van der Waals surface area contributed by atoms with Crippen molar-refractivity contribution in [2.45, 2.75) is 13.8 Å². The monoisotopic (exact) mass is 411 g/mol. The average Bonchev–Trinajstić information content (AvgIpc) is 3.37. The second-order valence-corrected chi connectivity index (χ2v) is 7.13. The molecule has 5 rings (SSSR count). The first-order valence-corrected chi connectivity index (χ1v) is 9.56. The first-order chi connectivity index (χ1) is 15.0. The van der Waals surface area contributed by atoms with E-state index in [9.17, 15) is 4.79 Å². The van der Waals surface area contributed by atoms with Crippen LogP contribution in [0.4, 0.5) is 5.82 Å². The standard InChI is InChI=1S/C23H17N5O3/c1-12-10-11-15(30-4)18-19(12)31-22(26-18)16-13(2)25-21-17(14-8-6-5-7-9-14)20(24-3)27-28(21)23(16)29/h5-11,27H,1-2,4H3. The van der Waals surface area contributed by atoms with Gasteiger partial charge in [-0.15, -0.1) is 4.52 Å². The van der Waals surface area contributed by atoms with Gasteiger partial charge in [-0.1, -0.05) is 43.0 Å². The Morgan fingerprint density at radius 3 is 2.58 bits per heavy atom. The van der Waals surface area contributed by atoms with Crippen molar-refractivity contribution in [2.75, 3.05) is 7.11 Å². The molecule has 0 spiro atoms. The van der Waals surface area contributed by atoms with Gasteiger partial charge in [0.2, 0.25) is 5.89 Å². The van der Waals surface area contributed by atoms with E-state index in [1.54, 1.807) is 14.0 Å². The number of oxazole rings is 1. The highest BCUT2D eigenvalue weighted by atomic mass is 16.5. The molecule has 0 fully saturated rings. The van der Waals surface area contributed by atoms with Gasteiger partial charge in [-0.2, -0.15) is 0 Å². The molecule has 8 nitrogen and oxygen atoms in total. The Labute approximate surface area is 176 Å². The van der Waals surface area contributed by atoms with E-state index in [4.69, 9.17) is 15.7 Å². The van der Waals surface area contributed by atoms with Crippen LogP contribution in [0.1, 0.15) is 11.3 Å². The number of ether oxygens (including phenoxy) is 1. The van der Waals surface area contributed by atoms with Gasteiger partial charge in [0.15, 0.2) is 16.7 Å². The van der Waals surface area contributed by atoms with Gasteiger partial charge in [-0.3, -0.25) is 4.79 Å². The number of benzene rings is 2. The third-order valence-corrected chi connectivity index (χ3v) is 5.25. The zero-order valence-electron chi connectivity index (χ0n) is 17.1. The summed E-state index contributed by atoms with van der Waals surface area (Å²) in [6, 6.07) is 13.1. The molecular weight excluding hydrogens is 394 g/mol. The van der Waals surface area contributed by atoms with Gasteiger partial charge in [0, 0.05) is 0 Å². The molecule has 152 valence electrons. The van der Waals surface area contributed by atoms with E-state index in [2.05, 4.69) is 19.9 Å². The number of aromatic amines is 1. The van der Waals surface area contributed by atoms with E-state index < -0.39 is 5.56 Å².